The lowest BCUT2D eigenvalue weighted by atomic mass is 10.3. The van der Waals surface area contributed by atoms with Gasteiger partial charge in [-0.3, -0.25) is 10.1 Å². The van der Waals surface area contributed by atoms with Gasteiger partial charge in [0.05, 0.1) is 11.5 Å². The normalized spacial score (nSPS) is 13.5. The van der Waals surface area contributed by atoms with Crippen molar-refractivity contribution in [3.63, 3.8) is 0 Å². The molecule has 0 aliphatic heterocycles. The summed E-state index contributed by atoms with van der Waals surface area (Å²) in [4.78, 5) is 21.1. The summed E-state index contributed by atoms with van der Waals surface area (Å²) in [6.45, 7) is 1.10. The Bertz CT molecular complexity index is 444. The molecule has 2 atom stereocenters. The van der Waals surface area contributed by atoms with E-state index in [9.17, 15) is 14.9 Å². The maximum atomic E-state index is 11.3. The van der Waals surface area contributed by atoms with Crippen LogP contribution in [0.25, 0.3) is 0 Å². The number of carbonyl (C=O) groups is 1. The largest absolute Gasteiger partial charge is 0.514 e. The molecule has 0 saturated carbocycles. The van der Waals surface area contributed by atoms with Crippen molar-refractivity contribution < 1.29 is 24.3 Å². The van der Waals surface area contributed by atoms with Crippen molar-refractivity contribution in [3.8, 4) is 5.75 Å². The van der Waals surface area contributed by atoms with Crippen LogP contribution in [-0.2, 0) is 4.74 Å². The van der Waals surface area contributed by atoms with Crippen LogP contribution in [0.5, 0.6) is 5.75 Å². The van der Waals surface area contributed by atoms with E-state index in [-0.39, 0.29) is 18.0 Å². The second-order valence-electron chi connectivity index (χ2n) is 3.68. The van der Waals surface area contributed by atoms with Crippen LogP contribution in [0.4, 0.5) is 10.5 Å². The monoisotopic (exact) mass is 273 g/mol. The summed E-state index contributed by atoms with van der Waals surface area (Å²) in [6.07, 6.45) is -1.00. The predicted molar refractivity (Wildman–Crippen MR) is 65.4 cm³/mol. The third kappa shape index (κ3) is 4.27. The molecule has 0 spiro atoms. The third-order valence-electron chi connectivity index (χ3n) is 1.88. The van der Waals surface area contributed by atoms with Gasteiger partial charge in [0.1, 0.15) is 11.1 Å². The molecule has 0 amide bonds. The first-order valence-corrected chi connectivity index (χ1v) is 5.47. The summed E-state index contributed by atoms with van der Waals surface area (Å²) >= 11 is 0. The molecule has 1 aromatic carbocycles. The molecule has 0 bridgehead atoms. The van der Waals surface area contributed by atoms with Gasteiger partial charge >= 0.3 is 6.16 Å². The minimum Gasteiger partial charge on any atom is -0.421 e. The molecule has 0 saturated heterocycles. The quantitative estimate of drug-likeness (QED) is 0.294. The zero-order valence-corrected chi connectivity index (χ0v) is 10.7. The molecule has 0 aliphatic rings. The smallest absolute Gasteiger partial charge is 0.421 e. The number of ether oxygens (including phenoxy) is 2. The molecule has 0 fully saturated rings. The van der Waals surface area contributed by atoms with Gasteiger partial charge in [-0.15, -0.1) is 0 Å². The molecular weight excluding hydrogens is 261 g/mol. The first kappa shape index (κ1) is 14.3. The number of carbonyl (C=O) groups excluding carboxylic acids is 1. The molecule has 2 unspecified atom stereocenters. The van der Waals surface area contributed by atoms with E-state index in [1.807, 2.05) is 0 Å². The topological polar surface area (TPSA) is 98.9 Å². The Morgan fingerprint density at radius 1 is 1.50 bits per heavy atom. The zero-order valence-electron chi connectivity index (χ0n) is 9.53. The molecule has 98 valence electrons. The van der Waals surface area contributed by atoms with Crippen LogP contribution < -0.4 is 4.74 Å². The van der Waals surface area contributed by atoms with Crippen molar-refractivity contribution >= 4 is 21.1 Å². The minimum atomic E-state index is -1.13. The molecule has 18 heavy (non-hydrogen) atoms. The van der Waals surface area contributed by atoms with Crippen molar-refractivity contribution in [1.82, 2.24) is 0 Å². The fourth-order valence-corrected chi connectivity index (χ4v) is 1.07. The Labute approximate surface area is 105 Å². The van der Waals surface area contributed by atoms with Gasteiger partial charge < -0.3 is 14.6 Å². The van der Waals surface area contributed by atoms with E-state index in [1.54, 1.807) is 0 Å². The standard InChI is InChI=1S/C10H12NO6P/c1-10(18,6-12)17-9(13)16-8-4-2-7(3-5-8)11(14)15/h2-5,12H,6,18H2,1H3. The Kier molecular flexibility index (Phi) is 4.58. The number of nitro groups is 1. The fraction of sp³-hybridized carbons (Fsp3) is 0.300. The first-order chi connectivity index (χ1) is 8.34. The van der Waals surface area contributed by atoms with Crippen molar-refractivity contribution in [1.29, 1.82) is 0 Å². The highest BCUT2D eigenvalue weighted by Gasteiger charge is 2.23. The van der Waals surface area contributed by atoms with Gasteiger partial charge in [0.25, 0.3) is 5.69 Å². The average Bonchev–Trinajstić information content (AvgIpc) is 2.29. The van der Waals surface area contributed by atoms with Gasteiger partial charge in [-0.2, -0.15) is 0 Å². The number of hydrogen-bond acceptors (Lipinski definition) is 6. The number of hydrogen-bond donors (Lipinski definition) is 1. The fourth-order valence-electron chi connectivity index (χ4n) is 0.976. The van der Waals surface area contributed by atoms with Gasteiger partial charge in [-0.25, -0.2) is 4.79 Å². The predicted octanol–water partition coefficient (Wildman–Crippen LogP) is 1.69. The lowest BCUT2D eigenvalue weighted by Gasteiger charge is -2.21. The molecule has 7 nitrogen and oxygen atoms in total. The molecular formula is C10H12NO6P. The van der Waals surface area contributed by atoms with E-state index < -0.39 is 16.4 Å². The molecule has 0 heterocycles. The highest BCUT2D eigenvalue weighted by atomic mass is 31.0. The van der Waals surface area contributed by atoms with Crippen LogP contribution >= 0.6 is 9.24 Å². The van der Waals surface area contributed by atoms with Gasteiger partial charge in [-0.1, -0.05) is 9.24 Å². The molecule has 0 radical (unpaired) electrons. The molecule has 1 rings (SSSR count). The van der Waals surface area contributed by atoms with Crippen molar-refractivity contribution in [3.05, 3.63) is 34.4 Å². The first-order valence-electron chi connectivity index (χ1n) is 4.89. The number of nitro benzene ring substituents is 1. The zero-order chi connectivity index (χ0) is 13.8. The van der Waals surface area contributed by atoms with E-state index >= 15 is 0 Å². The van der Waals surface area contributed by atoms with E-state index in [0.29, 0.717) is 0 Å². The summed E-state index contributed by atoms with van der Waals surface area (Å²) in [7, 11) is 2.16. The number of non-ortho nitro benzene ring substituents is 1. The highest BCUT2D eigenvalue weighted by molar-refractivity contribution is 7.18. The number of aliphatic hydroxyl groups is 1. The maximum absolute atomic E-state index is 11.3. The number of nitrogens with zero attached hydrogens (tertiary/aromatic N) is 1. The van der Waals surface area contributed by atoms with Crippen LogP contribution in [-0.4, -0.2) is 28.1 Å². The van der Waals surface area contributed by atoms with Crippen LogP contribution in [0.2, 0.25) is 0 Å². The second kappa shape index (κ2) is 5.75. The van der Waals surface area contributed by atoms with E-state index in [0.717, 1.165) is 0 Å². The van der Waals surface area contributed by atoms with Gasteiger partial charge in [0.2, 0.25) is 0 Å². The van der Waals surface area contributed by atoms with Crippen molar-refractivity contribution in [2.45, 2.75) is 12.3 Å². The third-order valence-corrected chi connectivity index (χ3v) is 2.18. The van der Waals surface area contributed by atoms with Gasteiger partial charge in [-0.05, 0) is 19.1 Å². The lowest BCUT2D eigenvalue weighted by Crippen LogP contribution is -2.30. The Hall–Kier alpha value is -1.72. The van der Waals surface area contributed by atoms with Gasteiger partial charge in [0, 0.05) is 12.1 Å². The van der Waals surface area contributed by atoms with Crippen LogP contribution in [0.3, 0.4) is 0 Å². The van der Waals surface area contributed by atoms with E-state index in [1.165, 1.54) is 31.2 Å². The number of aliphatic hydroxyl groups excluding tert-OH is 1. The van der Waals surface area contributed by atoms with E-state index in [2.05, 4.69) is 9.24 Å². The summed E-state index contributed by atoms with van der Waals surface area (Å²) < 4.78 is 9.57. The minimum absolute atomic E-state index is 0.109. The van der Waals surface area contributed by atoms with Crippen molar-refractivity contribution in [2.75, 3.05) is 6.61 Å². The van der Waals surface area contributed by atoms with Crippen LogP contribution in [0.15, 0.2) is 24.3 Å². The highest BCUT2D eigenvalue weighted by Crippen LogP contribution is 2.21. The average molecular weight is 273 g/mol. The van der Waals surface area contributed by atoms with Crippen LogP contribution in [0.1, 0.15) is 6.92 Å². The molecule has 0 aromatic heterocycles. The molecule has 0 aliphatic carbocycles. The summed E-state index contributed by atoms with van der Waals surface area (Å²) in [6, 6.07) is 4.96. The Balaban J connectivity index is 2.63. The lowest BCUT2D eigenvalue weighted by molar-refractivity contribution is -0.384. The summed E-state index contributed by atoms with van der Waals surface area (Å²) in [5, 5.41) is 18.2. The summed E-state index contributed by atoms with van der Waals surface area (Å²) in [5.74, 6) is 0.115. The molecule has 1 aromatic rings. The number of benzene rings is 1. The maximum Gasteiger partial charge on any atom is 0.514 e. The molecule has 1 N–H and O–H groups in total. The van der Waals surface area contributed by atoms with E-state index in [4.69, 9.17) is 14.6 Å². The Morgan fingerprint density at radius 3 is 2.50 bits per heavy atom. The SMILES string of the molecule is CC(P)(CO)OC(=O)Oc1ccc([N+](=O)[O-])cc1. The molecule has 8 heteroatoms. The van der Waals surface area contributed by atoms with Crippen LogP contribution in [0, 0.1) is 10.1 Å². The summed E-state index contributed by atoms with van der Waals surface area (Å²) in [5.41, 5.74) is -0.109. The second-order valence-corrected chi connectivity index (χ2v) is 4.90. The Morgan fingerprint density at radius 2 is 2.06 bits per heavy atom. The number of rotatable bonds is 4. The van der Waals surface area contributed by atoms with Crippen molar-refractivity contribution in [2.24, 2.45) is 0 Å². The van der Waals surface area contributed by atoms with Gasteiger partial charge in [0.15, 0.2) is 0 Å².